The minimum absolute atomic E-state index is 0. The molecule has 2 heterocycles. The van der Waals surface area contributed by atoms with E-state index in [1.165, 1.54) is 0 Å². The number of aromatic amines is 1. The summed E-state index contributed by atoms with van der Waals surface area (Å²) in [6.07, 6.45) is 0.885. The molecule has 130 valence electrons. The molecular formula is C17H23ClN4O2. The Kier molecular flexibility index (Phi) is 6.23. The molecule has 2 aromatic rings. The number of ether oxygens (including phenoxy) is 1. The van der Waals surface area contributed by atoms with Crippen LogP contribution in [0.2, 0.25) is 0 Å². The predicted molar refractivity (Wildman–Crippen MR) is 94.9 cm³/mol. The number of aryl methyl sites for hydroxylation is 1. The van der Waals surface area contributed by atoms with Crippen LogP contribution in [0.15, 0.2) is 24.3 Å². The molecule has 0 aliphatic carbocycles. The van der Waals surface area contributed by atoms with Crippen molar-refractivity contribution in [2.24, 2.45) is 0 Å². The average Bonchev–Trinajstić information content (AvgIpc) is 3.00. The van der Waals surface area contributed by atoms with Crippen LogP contribution in [-0.4, -0.2) is 47.7 Å². The van der Waals surface area contributed by atoms with Crippen LogP contribution in [0.5, 0.6) is 5.75 Å². The maximum absolute atomic E-state index is 12.5. The lowest BCUT2D eigenvalue weighted by Crippen LogP contribution is -2.33. The van der Waals surface area contributed by atoms with E-state index in [0.717, 1.165) is 35.5 Å². The number of hydrogen-bond donors (Lipinski definition) is 2. The molecule has 1 aliphatic heterocycles. The zero-order valence-electron chi connectivity index (χ0n) is 14.0. The lowest BCUT2D eigenvalue weighted by molar-refractivity contribution is 0.0766. The number of nitrogens with one attached hydrogen (secondary N) is 2. The number of amides is 1. The fourth-order valence-electron chi connectivity index (χ4n) is 2.70. The van der Waals surface area contributed by atoms with Crippen molar-refractivity contribution in [2.75, 3.05) is 26.7 Å². The maximum Gasteiger partial charge on any atom is 0.274 e. The van der Waals surface area contributed by atoms with E-state index < -0.39 is 0 Å². The minimum atomic E-state index is -0.0698. The van der Waals surface area contributed by atoms with Crippen molar-refractivity contribution >= 4 is 18.3 Å². The molecule has 7 heteroatoms. The Morgan fingerprint density at radius 2 is 2.17 bits per heavy atom. The topological polar surface area (TPSA) is 70.2 Å². The zero-order chi connectivity index (χ0) is 16.2. The lowest BCUT2D eigenvalue weighted by atomic mass is 10.1. The van der Waals surface area contributed by atoms with E-state index >= 15 is 0 Å². The number of rotatable bonds is 5. The molecule has 6 nitrogen and oxygen atoms in total. The van der Waals surface area contributed by atoms with Crippen molar-refractivity contribution in [3.63, 3.8) is 0 Å². The third-order valence-corrected chi connectivity index (χ3v) is 4.13. The van der Waals surface area contributed by atoms with Crippen LogP contribution in [-0.2, 0) is 13.0 Å². The third kappa shape index (κ3) is 3.88. The molecule has 0 spiro atoms. The van der Waals surface area contributed by atoms with Crippen molar-refractivity contribution in [1.82, 2.24) is 20.4 Å². The van der Waals surface area contributed by atoms with Gasteiger partial charge in [0.15, 0.2) is 5.69 Å². The van der Waals surface area contributed by atoms with Crippen molar-refractivity contribution in [3.05, 3.63) is 46.8 Å². The molecule has 3 rings (SSSR count). The second-order valence-electron chi connectivity index (χ2n) is 5.80. The van der Waals surface area contributed by atoms with Gasteiger partial charge >= 0.3 is 0 Å². The third-order valence-electron chi connectivity index (χ3n) is 4.13. The Balaban J connectivity index is 0.00000208. The van der Waals surface area contributed by atoms with Gasteiger partial charge in [-0.2, -0.15) is 5.10 Å². The van der Waals surface area contributed by atoms with E-state index in [0.29, 0.717) is 25.4 Å². The summed E-state index contributed by atoms with van der Waals surface area (Å²) in [5.74, 6) is 0.786. The van der Waals surface area contributed by atoms with Crippen LogP contribution in [0.25, 0.3) is 0 Å². The molecular weight excluding hydrogens is 328 g/mol. The van der Waals surface area contributed by atoms with Gasteiger partial charge < -0.3 is 15.0 Å². The van der Waals surface area contributed by atoms with Crippen molar-refractivity contribution in [2.45, 2.75) is 19.9 Å². The fourth-order valence-corrected chi connectivity index (χ4v) is 2.70. The van der Waals surface area contributed by atoms with Crippen molar-refractivity contribution in [3.8, 4) is 5.75 Å². The van der Waals surface area contributed by atoms with Crippen LogP contribution in [0.1, 0.15) is 27.3 Å². The normalized spacial score (nSPS) is 12.9. The Morgan fingerprint density at radius 1 is 1.38 bits per heavy atom. The number of nitrogens with zero attached hydrogens (tertiary/aromatic N) is 2. The number of para-hydroxylation sites is 1. The lowest BCUT2D eigenvalue weighted by Gasteiger charge is -2.18. The highest BCUT2D eigenvalue weighted by Gasteiger charge is 2.23. The first kappa shape index (κ1) is 18.3. The molecule has 2 N–H and O–H groups in total. The van der Waals surface area contributed by atoms with Gasteiger partial charge in [0, 0.05) is 37.8 Å². The second kappa shape index (κ2) is 8.17. The van der Waals surface area contributed by atoms with Crippen molar-refractivity contribution < 1.29 is 9.53 Å². The number of carbonyl (C=O) groups excluding carboxylic acids is 1. The zero-order valence-corrected chi connectivity index (χ0v) is 14.8. The predicted octanol–water partition coefficient (Wildman–Crippen LogP) is 1.94. The highest BCUT2D eigenvalue weighted by Crippen LogP contribution is 2.18. The van der Waals surface area contributed by atoms with Crippen LogP contribution >= 0.6 is 12.4 Å². The number of likely N-dealkylation sites (N-methyl/N-ethyl adjacent to an activating group) is 1. The molecule has 24 heavy (non-hydrogen) atoms. The molecule has 0 saturated heterocycles. The molecule has 0 bridgehead atoms. The summed E-state index contributed by atoms with van der Waals surface area (Å²) in [5, 5.41) is 10.5. The van der Waals surface area contributed by atoms with Gasteiger partial charge in [0.05, 0.1) is 6.54 Å². The van der Waals surface area contributed by atoms with E-state index in [1.807, 2.05) is 31.2 Å². The first-order valence-electron chi connectivity index (χ1n) is 7.87. The first-order chi connectivity index (χ1) is 11.2. The molecule has 0 unspecified atom stereocenters. The van der Waals surface area contributed by atoms with Gasteiger partial charge in [0.2, 0.25) is 0 Å². The number of H-pyrrole nitrogens is 1. The van der Waals surface area contributed by atoms with Crippen LogP contribution in [0.4, 0.5) is 0 Å². The van der Waals surface area contributed by atoms with Crippen molar-refractivity contribution in [1.29, 1.82) is 0 Å². The average molecular weight is 351 g/mol. The molecule has 0 fully saturated rings. The second-order valence-corrected chi connectivity index (χ2v) is 5.80. The summed E-state index contributed by atoms with van der Waals surface area (Å²) in [5.41, 5.74) is 3.67. The van der Waals surface area contributed by atoms with Gasteiger partial charge in [-0.1, -0.05) is 18.2 Å². The number of benzene rings is 1. The first-order valence-corrected chi connectivity index (χ1v) is 7.87. The molecule has 0 atom stereocenters. The monoisotopic (exact) mass is 350 g/mol. The number of hydrogen-bond acceptors (Lipinski definition) is 4. The molecule has 1 amide bonds. The smallest absolute Gasteiger partial charge is 0.274 e. The molecule has 1 aromatic heterocycles. The van der Waals surface area contributed by atoms with Gasteiger partial charge in [-0.15, -0.1) is 12.4 Å². The molecule has 0 radical (unpaired) electrons. The Hall–Kier alpha value is -2.05. The van der Waals surface area contributed by atoms with Crippen LogP contribution in [0, 0.1) is 6.92 Å². The Labute approximate surface area is 148 Å². The summed E-state index contributed by atoms with van der Waals surface area (Å²) >= 11 is 0. The quantitative estimate of drug-likeness (QED) is 0.864. The van der Waals surface area contributed by atoms with E-state index in [2.05, 4.69) is 15.5 Å². The SMILES string of the molecule is Cc1ccccc1OCCN(C)C(=O)c1n[nH]c2c1CNCC2.Cl. The summed E-state index contributed by atoms with van der Waals surface area (Å²) < 4.78 is 5.75. The standard InChI is InChI=1S/C17H22N4O2.ClH/c1-12-5-3-4-6-15(12)23-10-9-21(2)17(22)16-13-11-18-8-7-14(13)19-20-16;/h3-6,18H,7-11H2,1-2H3,(H,19,20);1H. The summed E-state index contributed by atoms with van der Waals surface area (Å²) in [4.78, 5) is 14.2. The highest BCUT2D eigenvalue weighted by molar-refractivity contribution is 5.93. The van der Waals surface area contributed by atoms with E-state index in [4.69, 9.17) is 4.74 Å². The fraction of sp³-hybridized carbons (Fsp3) is 0.412. The summed E-state index contributed by atoms with van der Waals surface area (Å²) in [6.45, 7) is 4.59. The van der Waals surface area contributed by atoms with E-state index in [-0.39, 0.29) is 18.3 Å². The molecule has 1 aromatic carbocycles. The number of carbonyl (C=O) groups is 1. The molecule has 0 saturated carbocycles. The maximum atomic E-state index is 12.5. The van der Waals surface area contributed by atoms with Crippen LogP contribution in [0.3, 0.4) is 0 Å². The Bertz CT molecular complexity index is 702. The number of halogens is 1. The minimum Gasteiger partial charge on any atom is -0.491 e. The number of fused-ring (bicyclic) bond motifs is 1. The van der Waals surface area contributed by atoms with Gasteiger partial charge in [-0.25, -0.2) is 0 Å². The van der Waals surface area contributed by atoms with Gasteiger partial charge in [-0.05, 0) is 18.6 Å². The van der Waals surface area contributed by atoms with E-state index in [9.17, 15) is 4.79 Å². The Morgan fingerprint density at radius 3 is 2.96 bits per heavy atom. The largest absolute Gasteiger partial charge is 0.491 e. The van der Waals surface area contributed by atoms with Crippen LogP contribution < -0.4 is 10.1 Å². The van der Waals surface area contributed by atoms with E-state index in [1.54, 1.807) is 11.9 Å². The van der Waals surface area contributed by atoms with Gasteiger partial charge in [0.1, 0.15) is 12.4 Å². The molecule has 1 aliphatic rings. The summed E-state index contributed by atoms with van der Waals surface area (Å²) in [7, 11) is 1.78. The summed E-state index contributed by atoms with van der Waals surface area (Å²) in [6, 6.07) is 7.87. The highest BCUT2D eigenvalue weighted by atomic mass is 35.5. The van der Waals surface area contributed by atoms with Gasteiger partial charge in [0.25, 0.3) is 5.91 Å². The number of aromatic nitrogens is 2. The van der Waals surface area contributed by atoms with Gasteiger partial charge in [-0.3, -0.25) is 9.89 Å².